The van der Waals surface area contributed by atoms with Crippen LogP contribution in [0.25, 0.3) is 21.9 Å². The Labute approximate surface area is 254 Å². The Bertz CT molecular complexity index is 1870. The number of fused-ring (bicyclic) bond motifs is 3. The van der Waals surface area contributed by atoms with Gasteiger partial charge in [-0.25, -0.2) is 0 Å². The molecule has 0 aliphatic carbocycles. The predicted molar refractivity (Wildman–Crippen MR) is 184 cm³/mol. The number of methoxy groups -OCH3 is 2. The summed E-state index contributed by atoms with van der Waals surface area (Å²) in [6, 6.07) is 51.2. The van der Waals surface area contributed by atoms with E-state index < -0.39 is 15.8 Å². The van der Waals surface area contributed by atoms with Gasteiger partial charge in [-0.1, -0.05) is 133 Å². The van der Waals surface area contributed by atoms with Crippen LogP contribution < -0.4 is 41.3 Å². The summed E-state index contributed by atoms with van der Waals surface area (Å²) in [6.07, 6.45) is 0. The first-order chi connectivity index (χ1) is 21.3. The van der Waals surface area contributed by atoms with Gasteiger partial charge < -0.3 is 13.9 Å². The third-order valence-corrected chi connectivity index (χ3v) is 12.6. The zero-order valence-corrected chi connectivity index (χ0v) is 25.8. The molecule has 1 heterocycles. The third kappa shape index (κ3) is 5.00. The Morgan fingerprint density at radius 3 is 1.19 bits per heavy atom. The van der Waals surface area contributed by atoms with Gasteiger partial charge in [-0.05, 0) is 38.6 Å². The molecule has 0 saturated heterocycles. The summed E-state index contributed by atoms with van der Waals surface area (Å²) in [5.41, 5.74) is 1.85. The van der Waals surface area contributed by atoms with Gasteiger partial charge in [0.1, 0.15) is 22.7 Å². The van der Waals surface area contributed by atoms with Crippen molar-refractivity contribution in [3.8, 4) is 11.5 Å². The smallest absolute Gasteiger partial charge is 0.143 e. The third-order valence-electron chi connectivity index (χ3n) is 7.65. The average molecular weight is 597 g/mol. The minimum Gasteiger partial charge on any atom is -0.496 e. The summed E-state index contributed by atoms with van der Waals surface area (Å²) in [5, 5.41) is 9.41. The van der Waals surface area contributed by atoms with E-state index in [9.17, 15) is 0 Å². The van der Waals surface area contributed by atoms with Gasteiger partial charge in [0.05, 0.1) is 14.2 Å². The van der Waals surface area contributed by atoms with Gasteiger partial charge in [-0.3, -0.25) is 0 Å². The van der Waals surface area contributed by atoms with Gasteiger partial charge in [-0.2, -0.15) is 0 Å². The first-order valence-electron chi connectivity index (χ1n) is 14.2. The molecule has 0 radical (unpaired) electrons. The molecule has 6 aromatic carbocycles. The second-order valence-electron chi connectivity index (χ2n) is 10.1. The van der Waals surface area contributed by atoms with Crippen molar-refractivity contribution in [1.29, 1.82) is 0 Å². The number of benzene rings is 6. The van der Waals surface area contributed by atoms with E-state index in [1.165, 1.54) is 31.8 Å². The fourth-order valence-electron chi connectivity index (χ4n) is 5.74. The van der Waals surface area contributed by atoms with E-state index in [2.05, 4.69) is 121 Å². The second kappa shape index (κ2) is 12.1. The van der Waals surface area contributed by atoms with Crippen LogP contribution in [0.4, 0.5) is 0 Å². The Morgan fingerprint density at radius 2 is 0.767 bits per heavy atom. The van der Waals surface area contributed by atoms with Crippen molar-refractivity contribution in [2.24, 2.45) is 0 Å². The molecule has 1 aromatic heterocycles. The molecule has 210 valence electrons. The number of para-hydroxylation sites is 4. The molecule has 0 aliphatic rings. The van der Waals surface area contributed by atoms with Crippen molar-refractivity contribution in [2.45, 2.75) is 0 Å². The van der Waals surface area contributed by atoms with E-state index in [1.807, 2.05) is 24.3 Å². The van der Waals surface area contributed by atoms with E-state index in [0.717, 1.165) is 33.4 Å². The van der Waals surface area contributed by atoms with Crippen LogP contribution in [-0.2, 0) is 0 Å². The number of hydrogen-bond donors (Lipinski definition) is 0. The molecule has 0 amide bonds. The molecule has 2 atom stereocenters. The minimum atomic E-state index is -0.963. The van der Waals surface area contributed by atoms with E-state index >= 15 is 0 Å². The van der Waals surface area contributed by atoms with Crippen LogP contribution in [0.2, 0.25) is 0 Å². The minimum absolute atomic E-state index is 0.884. The van der Waals surface area contributed by atoms with Crippen LogP contribution in [0.1, 0.15) is 0 Å². The van der Waals surface area contributed by atoms with Gasteiger partial charge in [0.2, 0.25) is 0 Å². The SMILES string of the molecule is COc1ccccc1[P@@](c1ccccc1)c1cccc2c1oc1c([P@@](c3ccccc3)c3ccccc3OC)cccc12. The second-order valence-corrected chi connectivity index (χ2v) is 14.4. The normalized spacial score (nSPS) is 12.7. The summed E-state index contributed by atoms with van der Waals surface area (Å²) >= 11 is 0. The summed E-state index contributed by atoms with van der Waals surface area (Å²) in [5.74, 6) is 1.77. The first kappa shape index (κ1) is 27.4. The van der Waals surface area contributed by atoms with Crippen LogP contribution >= 0.6 is 15.8 Å². The lowest BCUT2D eigenvalue weighted by atomic mass is 10.1. The zero-order chi connectivity index (χ0) is 29.2. The zero-order valence-electron chi connectivity index (χ0n) is 24.0. The Hall–Kier alpha value is -4.42. The molecular formula is C38H30O3P2. The number of hydrogen-bond acceptors (Lipinski definition) is 3. The standard InChI is InChI=1S/C38H30O3P2/c1-39-31-21-9-11-23-33(31)42(27-15-5-3-6-16-27)35-25-13-19-29-30-20-14-26-36(38(30)41-37(29)35)43(28-17-7-4-8-18-28)34-24-12-10-22-32(34)40-2/h3-26H,1-2H3/t42-,43+. The topological polar surface area (TPSA) is 31.6 Å². The highest BCUT2D eigenvalue weighted by Crippen LogP contribution is 2.43. The molecule has 7 rings (SSSR count). The molecule has 0 fully saturated rings. The Kier molecular flexibility index (Phi) is 7.69. The molecule has 0 unspecified atom stereocenters. The van der Waals surface area contributed by atoms with Crippen molar-refractivity contribution >= 4 is 69.6 Å². The maximum Gasteiger partial charge on any atom is 0.143 e. The van der Waals surface area contributed by atoms with Crippen molar-refractivity contribution < 1.29 is 13.9 Å². The lowest BCUT2D eigenvalue weighted by Crippen LogP contribution is -2.22. The van der Waals surface area contributed by atoms with Crippen molar-refractivity contribution in [2.75, 3.05) is 14.2 Å². The van der Waals surface area contributed by atoms with Crippen LogP contribution in [0, 0.1) is 0 Å². The highest BCUT2D eigenvalue weighted by molar-refractivity contribution is 7.80. The largest absolute Gasteiger partial charge is 0.496 e. The van der Waals surface area contributed by atoms with Crippen LogP contribution in [0.5, 0.6) is 11.5 Å². The van der Waals surface area contributed by atoms with Gasteiger partial charge in [0, 0.05) is 32.0 Å². The van der Waals surface area contributed by atoms with Crippen LogP contribution in [0.15, 0.2) is 150 Å². The van der Waals surface area contributed by atoms with Gasteiger partial charge in [0.15, 0.2) is 0 Å². The van der Waals surface area contributed by atoms with E-state index in [-0.39, 0.29) is 0 Å². The van der Waals surface area contributed by atoms with Gasteiger partial charge in [0.25, 0.3) is 0 Å². The van der Waals surface area contributed by atoms with E-state index in [4.69, 9.17) is 13.9 Å². The number of rotatable bonds is 8. The highest BCUT2D eigenvalue weighted by atomic mass is 31.1. The molecule has 0 spiro atoms. The summed E-state index contributed by atoms with van der Waals surface area (Å²) in [6.45, 7) is 0. The molecule has 0 saturated carbocycles. The lowest BCUT2D eigenvalue weighted by molar-refractivity contribution is 0.418. The molecule has 0 N–H and O–H groups in total. The van der Waals surface area contributed by atoms with E-state index in [0.29, 0.717) is 0 Å². The van der Waals surface area contributed by atoms with E-state index in [1.54, 1.807) is 14.2 Å². The van der Waals surface area contributed by atoms with Gasteiger partial charge >= 0.3 is 0 Å². The van der Waals surface area contributed by atoms with Crippen molar-refractivity contribution in [3.05, 3.63) is 146 Å². The lowest BCUT2D eigenvalue weighted by Gasteiger charge is -2.22. The van der Waals surface area contributed by atoms with Crippen molar-refractivity contribution in [1.82, 2.24) is 0 Å². The van der Waals surface area contributed by atoms with Crippen LogP contribution in [0.3, 0.4) is 0 Å². The summed E-state index contributed by atoms with van der Waals surface area (Å²) in [4.78, 5) is 0. The molecule has 7 aromatic rings. The van der Waals surface area contributed by atoms with Crippen molar-refractivity contribution in [3.63, 3.8) is 0 Å². The summed E-state index contributed by atoms with van der Waals surface area (Å²) < 4.78 is 18.8. The van der Waals surface area contributed by atoms with Gasteiger partial charge in [-0.15, -0.1) is 0 Å². The fourth-order valence-corrected chi connectivity index (χ4v) is 10.8. The molecule has 43 heavy (non-hydrogen) atoms. The molecular weight excluding hydrogens is 566 g/mol. The molecule has 3 nitrogen and oxygen atoms in total. The first-order valence-corrected chi connectivity index (χ1v) is 16.9. The molecule has 5 heteroatoms. The maximum atomic E-state index is 7.06. The Morgan fingerprint density at radius 1 is 0.395 bits per heavy atom. The molecule has 0 bridgehead atoms. The number of furan rings is 1. The fraction of sp³-hybridized carbons (Fsp3) is 0.0526. The summed E-state index contributed by atoms with van der Waals surface area (Å²) in [7, 11) is 1.56. The number of ether oxygens (including phenoxy) is 2. The Balaban J connectivity index is 1.51. The average Bonchev–Trinajstić information content (AvgIpc) is 3.47. The molecule has 0 aliphatic heterocycles. The highest BCUT2D eigenvalue weighted by Gasteiger charge is 2.27. The van der Waals surface area contributed by atoms with Crippen LogP contribution in [-0.4, -0.2) is 14.2 Å². The maximum absolute atomic E-state index is 7.06. The predicted octanol–water partition coefficient (Wildman–Crippen LogP) is 7.12. The monoisotopic (exact) mass is 596 g/mol. The quantitative estimate of drug-likeness (QED) is 0.175.